The van der Waals surface area contributed by atoms with Gasteiger partial charge in [-0.25, -0.2) is 13.2 Å². The molecule has 0 bridgehead atoms. The quantitative estimate of drug-likeness (QED) is 0.655. The predicted octanol–water partition coefficient (Wildman–Crippen LogP) is 5.40. The lowest BCUT2D eigenvalue weighted by Gasteiger charge is -2.13. The zero-order valence-corrected chi connectivity index (χ0v) is 12.8. The lowest BCUT2D eigenvalue weighted by molar-refractivity contribution is 0.522. The van der Waals surface area contributed by atoms with E-state index in [1.54, 1.807) is 0 Å². The number of hydrogen-bond acceptors (Lipinski definition) is 0. The van der Waals surface area contributed by atoms with Gasteiger partial charge in [0, 0.05) is 22.5 Å². The van der Waals surface area contributed by atoms with Gasteiger partial charge in [-0.05, 0) is 37.0 Å². The van der Waals surface area contributed by atoms with Crippen LogP contribution in [0.3, 0.4) is 0 Å². The van der Waals surface area contributed by atoms with E-state index >= 15 is 0 Å². The molecule has 0 saturated heterocycles. The van der Waals surface area contributed by atoms with Gasteiger partial charge in [0.1, 0.15) is 17.5 Å². The zero-order chi connectivity index (χ0) is 14.9. The Morgan fingerprint density at radius 3 is 2.10 bits per heavy atom. The van der Waals surface area contributed by atoms with E-state index in [9.17, 15) is 13.2 Å². The highest BCUT2D eigenvalue weighted by molar-refractivity contribution is 9.09. The van der Waals surface area contributed by atoms with Crippen LogP contribution < -0.4 is 0 Å². The van der Waals surface area contributed by atoms with Gasteiger partial charge in [-0.3, -0.25) is 0 Å². The SMILES string of the molecule is Cc1ccc(CC(Br)c2c(F)cc(F)cc2F)cc1C. The van der Waals surface area contributed by atoms with Crippen LogP contribution in [0.5, 0.6) is 0 Å². The summed E-state index contributed by atoms with van der Waals surface area (Å²) in [7, 11) is 0. The molecular formula is C16H14BrF3. The van der Waals surface area contributed by atoms with Crippen molar-refractivity contribution in [2.45, 2.75) is 25.1 Å². The molecule has 0 N–H and O–H groups in total. The first kappa shape index (κ1) is 15.1. The summed E-state index contributed by atoms with van der Waals surface area (Å²) in [5.74, 6) is -2.64. The van der Waals surface area contributed by atoms with Crippen molar-refractivity contribution in [2.75, 3.05) is 0 Å². The molecule has 0 aliphatic rings. The van der Waals surface area contributed by atoms with Gasteiger partial charge in [0.2, 0.25) is 0 Å². The summed E-state index contributed by atoms with van der Waals surface area (Å²) < 4.78 is 40.3. The van der Waals surface area contributed by atoms with E-state index in [2.05, 4.69) is 15.9 Å². The second-order valence-corrected chi connectivity index (χ2v) is 5.98. The van der Waals surface area contributed by atoms with Crippen molar-refractivity contribution < 1.29 is 13.2 Å². The normalized spacial score (nSPS) is 12.5. The first-order valence-electron chi connectivity index (χ1n) is 6.23. The Kier molecular flexibility index (Phi) is 4.53. The summed E-state index contributed by atoms with van der Waals surface area (Å²) in [6, 6.07) is 7.29. The van der Waals surface area contributed by atoms with Crippen molar-refractivity contribution in [2.24, 2.45) is 0 Å². The van der Waals surface area contributed by atoms with Crippen LogP contribution in [0.25, 0.3) is 0 Å². The first-order valence-corrected chi connectivity index (χ1v) is 7.14. The Morgan fingerprint density at radius 1 is 0.950 bits per heavy atom. The van der Waals surface area contributed by atoms with Crippen molar-refractivity contribution in [1.29, 1.82) is 0 Å². The van der Waals surface area contributed by atoms with E-state index in [4.69, 9.17) is 0 Å². The Labute approximate surface area is 124 Å². The molecule has 2 aromatic rings. The summed E-state index contributed by atoms with van der Waals surface area (Å²) >= 11 is 3.29. The third-order valence-electron chi connectivity index (χ3n) is 3.34. The molecule has 4 heteroatoms. The van der Waals surface area contributed by atoms with Crippen molar-refractivity contribution in [3.8, 4) is 0 Å². The molecule has 106 valence electrons. The van der Waals surface area contributed by atoms with Crippen molar-refractivity contribution in [3.63, 3.8) is 0 Å². The maximum atomic E-state index is 13.7. The van der Waals surface area contributed by atoms with Gasteiger partial charge in [0.25, 0.3) is 0 Å². The summed E-state index contributed by atoms with van der Waals surface area (Å²) in [6.45, 7) is 3.99. The molecule has 0 amide bonds. The number of halogens is 4. The van der Waals surface area contributed by atoms with Crippen molar-refractivity contribution in [3.05, 3.63) is 70.0 Å². The van der Waals surface area contributed by atoms with Crippen LogP contribution >= 0.6 is 15.9 Å². The molecule has 0 heterocycles. The van der Waals surface area contributed by atoms with E-state index in [1.165, 1.54) is 5.56 Å². The third-order valence-corrected chi connectivity index (χ3v) is 4.12. The van der Waals surface area contributed by atoms with Crippen LogP contribution in [0, 0.1) is 31.3 Å². The lowest BCUT2D eigenvalue weighted by atomic mass is 10.00. The van der Waals surface area contributed by atoms with Crippen LogP contribution in [0.4, 0.5) is 13.2 Å². The number of rotatable bonds is 3. The Balaban J connectivity index is 2.28. The zero-order valence-electron chi connectivity index (χ0n) is 11.2. The molecule has 0 aromatic heterocycles. The molecule has 1 atom stereocenters. The first-order chi connectivity index (χ1) is 9.38. The monoisotopic (exact) mass is 342 g/mol. The average molecular weight is 343 g/mol. The minimum absolute atomic E-state index is 0.135. The number of alkyl halides is 1. The number of aryl methyl sites for hydroxylation is 2. The molecule has 2 rings (SSSR count). The van der Waals surface area contributed by atoms with Crippen LogP contribution in [-0.2, 0) is 6.42 Å². The Morgan fingerprint density at radius 2 is 1.55 bits per heavy atom. The minimum Gasteiger partial charge on any atom is -0.207 e. The number of benzene rings is 2. The Bertz CT molecular complexity index is 615. The van der Waals surface area contributed by atoms with Crippen LogP contribution in [0.15, 0.2) is 30.3 Å². The van der Waals surface area contributed by atoms with Crippen molar-refractivity contribution >= 4 is 15.9 Å². The maximum absolute atomic E-state index is 13.7. The van der Waals surface area contributed by atoms with Gasteiger partial charge in [0.15, 0.2) is 0 Å². The fraction of sp³-hybridized carbons (Fsp3) is 0.250. The van der Waals surface area contributed by atoms with Gasteiger partial charge in [0.05, 0.1) is 0 Å². The lowest BCUT2D eigenvalue weighted by Crippen LogP contribution is -2.03. The molecule has 20 heavy (non-hydrogen) atoms. The second kappa shape index (κ2) is 6.00. The molecule has 0 aliphatic carbocycles. The molecule has 0 spiro atoms. The summed E-state index contributed by atoms with van der Waals surface area (Å²) in [5, 5.41) is 0. The highest BCUT2D eigenvalue weighted by Crippen LogP contribution is 2.32. The van der Waals surface area contributed by atoms with E-state index in [0.717, 1.165) is 11.1 Å². The molecule has 0 radical (unpaired) electrons. The number of hydrogen-bond donors (Lipinski definition) is 0. The molecule has 0 aliphatic heterocycles. The highest BCUT2D eigenvalue weighted by atomic mass is 79.9. The Hall–Kier alpha value is -1.29. The molecule has 0 nitrogen and oxygen atoms in total. The summed E-state index contributed by atoms with van der Waals surface area (Å²) in [6.07, 6.45) is 0.431. The molecular weight excluding hydrogens is 329 g/mol. The summed E-state index contributed by atoms with van der Waals surface area (Å²) in [4.78, 5) is -0.537. The fourth-order valence-electron chi connectivity index (χ4n) is 2.09. The van der Waals surface area contributed by atoms with E-state index in [-0.39, 0.29) is 5.56 Å². The molecule has 2 aromatic carbocycles. The van der Waals surface area contributed by atoms with E-state index < -0.39 is 22.3 Å². The van der Waals surface area contributed by atoms with Crippen LogP contribution in [-0.4, -0.2) is 0 Å². The summed E-state index contributed by atoms with van der Waals surface area (Å²) in [5.41, 5.74) is 3.13. The maximum Gasteiger partial charge on any atom is 0.133 e. The molecule has 0 fully saturated rings. The second-order valence-electron chi connectivity index (χ2n) is 4.87. The average Bonchev–Trinajstić information content (AvgIpc) is 2.32. The van der Waals surface area contributed by atoms with E-state index in [0.29, 0.717) is 18.6 Å². The van der Waals surface area contributed by atoms with Gasteiger partial charge < -0.3 is 0 Å². The van der Waals surface area contributed by atoms with Gasteiger partial charge in [-0.1, -0.05) is 34.1 Å². The molecule has 0 saturated carbocycles. The smallest absolute Gasteiger partial charge is 0.133 e. The van der Waals surface area contributed by atoms with Gasteiger partial charge in [-0.15, -0.1) is 0 Å². The van der Waals surface area contributed by atoms with Crippen LogP contribution in [0.2, 0.25) is 0 Å². The van der Waals surface area contributed by atoms with Gasteiger partial charge >= 0.3 is 0 Å². The van der Waals surface area contributed by atoms with Gasteiger partial charge in [-0.2, -0.15) is 0 Å². The van der Waals surface area contributed by atoms with E-state index in [1.807, 2.05) is 32.0 Å². The minimum atomic E-state index is -0.908. The highest BCUT2D eigenvalue weighted by Gasteiger charge is 2.19. The molecule has 1 unspecified atom stereocenters. The standard InChI is InChI=1S/C16H14BrF3/c1-9-3-4-11(5-10(9)2)6-13(17)16-14(19)7-12(18)8-15(16)20/h3-5,7-8,13H,6H2,1-2H3. The topological polar surface area (TPSA) is 0 Å². The van der Waals surface area contributed by atoms with Crippen molar-refractivity contribution in [1.82, 2.24) is 0 Å². The fourth-order valence-corrected chi connectivity index (χ4v) is 2.90. The largest absolute Gasteiger partial charge is 0.207 e. The third kappa shape index (κ3) is 3.23. The van der Waals surface area contributed by atoms with Crippen LogP contribution in [0.1, 0.15) is 27.1 Å². The predicted molar refractivity (Wildman–Crippen MR) is 77.6 cm³/mol.